The number of rotatable bonds is 3. The largest absolute Gasteiger partial charge is 0.461 e. The zero-order chi connectivity index (χ0) is 11.5. The number of aromatic amines is 1. The highest BCUT2D eigenvalue weighted by molar-refractivity contribution is 7.99. The van der Waals surface area contributed by atoms with Crippen LogP contribution in [0.15, 0.2) is 16.0 Å². The molecule has 2 heterocycles. The molecule has 86 valence electrons. The fraction of sp³-hybridized carbons (Fsp3) is 0.500. The molecule has 1 aromatic rings. The fourth-order valence-electron chi connectivity index (χ4n) is 1.49. The normalized spacial score (nSPS) is 19.8. The predicted octanol–water partition coefficient (Wildman–Crippen LogP) is 0.876. The van der Waals surface area contributed by atoms with Gasteiger partial charge < -0.3 is 9.72 Å². The summed E-state index contributed by atoms with van der Waals surface area (Å²) < 4.78 is 5.06. The van der Waals surface area contributed by atoms with E-state index in [0.29, 0.717) is 23.0 Å². The molecule has 0 radical (unpaired) electrons. The number of hydrogen-bond donors (Lipinski definition) is 1. The molecule has 1 aliphatic rings. The number of nitrogens with zero attached hydrogens (tertiary/aromatic N) is 1. The minimum absolute atomic E-state index is 0.0525. The smallest absolute Gasteiger partial charge is 0.306 e. The number of esters is 1. The summed E-state index contributed by atoms with van der Waals surface area (Å²) in [4.78, 5) is 28.9. The third kappa shape index (κ3) is 2.85. The molecule has 5 nitrogen and oxygen atoms in total. The minimum Gasteiger partial charge on any atom is -0.461 e. The van der Waals surface area contributed by atoms with Crippen LogP contribution in [0.2, 0.25) is 0 Å². The van der Waals surface area contributed by atoms with Gasteiger partial charge in [0.2, 0.25) is 0 Å². The van der Waals surface area contributed by atoms with E-state index in [4.69, 9.17) is 4.74 Å². The number of nitrogens with one attached hydrogen (secondary N) is 1. The number of aryl methyl sites for hydroxylation is 1. The van der Waals surface area contributed by atoms with Crippen LogP contribution in [-0.4, -0.2) is 27.8 Å². The van der Waals surface area contributed by atoms with E-state index in [1.54, 1.807) is 6.92 Å². The molecule has 0 aliphatic carbocycles. The van der Waals surface area contributed by atoms with Gasteiger partial charge in [-0.15, -0.1) is 0 Å². The Labute approximate surface area is 96.6 Å². The molecule has 1 N–H and O–H groups in total. The van der Waals surface area contributed by atoms with Gasteiger partial charge in [-0.2, -0.15) is 0 Å². The van der Waals surface area contributed by atoms with Crippen molar-refractivity contribution in [1.29, 1.82) is 0 Å². The van der Waals surface area contributed by atoms with Crippen LogP contribution in [0, 0.1) is 6.92 Å². The second-order valence-electron chi connectivity index (χ2n) is 3.65. The van der Waals surface area contributed by atoms with E-state index < -0.39 is 0 Å². The highest BCUT2D eigenvalue weighted by Crippen LogP contribution is 2.21. The van der Waals surface area contributed by atoms with E-state index >= 15 is 0 Å². The van der Waals surface area contributed by atoms with E-state index in [2.05, 4.69) is 9.97 Å². The second kappa shape index (κ2) is 4.69. The van der Waals surface area contributed by atoms with Crippen LogP contribution in [0.1, 0.15) is 18.5 Å². The van der Waals surface area contributed by atoms with Crippen molar-refractivity contribution in [2.45, 2.75) is 31.0 Å². The summed E-state index contributed by atoms with van der Waals surface area (Å²) in [6.07, 6.45) is 1.19. The quantitative estimate of drug-likeness (QED) is 0.482. The van der Waals surface area contributed by atoms with Crippen molar-refractivity contribution >= 4 is 17.7 Å². The zero-order valence-electron chi connectivity index (χ0n) is 8.86. The lowest BCUT2D eigenvalue weighted by atomic mass is 10.3. The number of H-pyrrole nitrogens is 1. The molecule has 0 saturated carbocycles. The van der Waals surface area contributed by atoms with Crippen LogP contribution in [0.4, 0.5) is 0 Å². The summed E-state index contributed by atoms with van der Waals surface area (Å²) in [6.45, 7) is 1.77. The first-order valence-corrected chi connectivity index (χ1v) is 6.02. The van der Waals surface area contributed by atoms with Crippen molar-refractivity contribution in [3.05, 3.63) is 22.1 Å². The van der Waals surface area contributed by atoms with Crippen LogP contribution in [-0.2, 0) is 9.53 Å². The number of hydrogen-bond acceptors (Lipinski definition) is 5. The summed E-state index contributed by atoms with van der Waals surface area (Å²) in [5.74, 6) is 0.495. The van der Waals surface area contributed by atoms with Gasteiger partial charge in [-0.05, 0) is 13.3 Å². The summed E-state index contributed by atoms with van der Waals surface area (Å²) in [5.41, 5.74) is 0.535. The SMILES string of the molecule is Cc1cc(=O)[nH]c(SCC2CCC(=O)O2)n1. The highest BCUT2D eigenvalue weighted by atomic mass is 32.2. The monoisotopic (exact) mass is 240 g/mol. The summed E-state index contributed by atoms with van der Waals surface area (Å²) in [6, 6.07) is 1.44. The fourth-order valence-corrected chi connectivity index (χ4v) is 2.45. The number of thioether (sulfide) groups is 1. The van der Waals surface area contributed by atoms with E-state index in [0.717, 1.165) is 6.42 Å². The van der Waals surface area contributed by atoms with Crippen LogP contribution in [0.5, 0.6) is 0 Å². The molecule has 1 saturated heterocycles. The van der Waals surface area contributed by atoms with Gasteiger partial charge in [0.1, 0.15) is 6.10 Å². The van der Waals surface area contributed by atoms with E-state index in [-0.39, 0.29) is 17.6 Å². The van der Waals surface area contributed by atoms with Crippen molar-refractivity contribution in [2.24, 2.45) is 0 Å². The van der Waals surface area contributed by atoms with Crippen molar-refractivity contribution in [2.75, 3.05) is 5.75 Å². The Bertz CT molecular complexity index is 458. The number of carbonyl (C=O) groups is 1. The molecule has 6 heteroatoms. The van der Waals surface area contributed by atoms with Gasteiger partial charge in [-0.25, -0.2) is 4.98 Å². The van der Waals surface area contributed by atoms with Gasteiger partial charge in [0.25, 0.3) is 5.56 Å². The highest BCUT2D eigenvalue weighted by Gasteiger charge is 2.23. The molecule has 2 rings (SSSR count). The first-order chi connectivity index (χ1) is 7.63. The lowest BCUT2D eigenvalue weighted by Crippen LogP contribution is -2.12. The Kier molecular flexibility index (Phi) is 3.28. The molecular formula is C10H12N2O3S. The molecule has 0 aromatic carbocycles. The van der Waals surface area contributed by atoms with Crippen molar-refractivity contribution in [1.82, 2.24) is 9.97 Å². The summed E-state index contributed by atoms with van der Waals surface area (Å²) >= 11 is 1.40. The number of aromatic nitrogens is 2. The summed E-state index contributed by atoms with van der Waals surface area (Å²) in [5, 5.41) is 0.577. The average Bonchev–Trinajstić information content (AvgIpc) is 2.60. The lowest BCUT2D eigenvalue weighted by Gasteiger charge is -2.07. The standard InChI is InChI=1S/C10H12N2O3S/c1-6-4-8(13)12-10(11-6)16-5-7-2-3-9(14)15-7/h4,7H,2-3,5H2,1H3,(H,11,12,13). The van der Waals surface area contributed by atoms with Gasteiger partial charge in [-0.3, -0.25) is 9.59 Å². The van der Waals surface area contributed by atoms with Gasteiger partial charge in [0.15, 0.2) is 5.16 Å². The molecule has 1 aromatic heterocycles. The van der Waals surface area contributed by atoms with Crippen molar-refractivity contribution < 1.29 is 9.53 Å². The third-order valence-electron chi connectivity index (χ3n) is 2.22. The van der Waals surface area contributed by atoms with Crippen LogP contribution in [0.3, 0.4) is 0 Å². The Hall–Kier alpha value is -1.30. The molecular weight excluding hydrogens is 228 g/mol. The molecule has 0 spiro atoms. The lowest BCUT2D eigenvalue weighted by molar-refractivity contribution is -0.140. The van der Waals surface area contributed by atoms with Gasteiger partial charge in [-0.1, -0.05) is 11.8 Å². The van der Waals surface area contributed by atoms with E-state index in [1.165, 1.54) is 17.8 Å². The average molecular weight is 240 g/mol. The van der Waals surface area contributed by atoms with E-state index in [9.17, 15) is 9.59 Å². The van der Waals surface area contributed by atoms with E-state index in [1.807, 2.05) is 0 Å². The maximum absolute atomic E-state index is 11.2. The van der Waals surface area contributed by atoms with Crippen molar-refractivity contribution in [3.63, 3.8) is 0 Å². The topological polar surface area (TPSA) is 72.0 Å². The number of cyclic esters (lactones) is 1. The zero-order valence-corrected chi connectivity index (χ0v) is 9.67. The Morgan fingerprint density at radius 1 is 1.62 bits per heavy atom. The molecule has 1 atom stereocenters. The number of ether oxygens (including phenoxy) is 1. The maximum Gasteiger partial charge on any atom is 0.306 e. The Morgan fingerprint density at radius 3 is 3.06 bits per heavy atom. The molecule has 0 bridgehead atoms. The van der Waals surface area contributed by atoms with Gasteiger partial charge in [0, 0.05) is 23.9 Å². The van der Waals surface area contributed by atoms with Crippen LogP contribution >= 0.6 is 11.8 Å². The summed E-state index contributed by atoms with van der Waals surface area (Å²) in [7, 11) is 0. The van der Waals surface area contributed by atoms with Crippen LogP contribution < -0.4 is 5.56 Å². The predicted molar refractivity (Wildman–Crippen MR) is 59.4 cm³/mol. The van der Waals surface area contributed by atoms with Gasteiger partial charge >= 0.3 is 5.97 Å². The first kappa shape index (κ1) is 11.2. The molecule has 16 heavy (non-hydrogen) atoms. The molecule has 1 fully saturated rings. The number of carbonyl (C=O) groups excluding carboxylic acids is 1. The maximum atomic E-state index is 11.2. The molecule has 1 aliphatic heterocycles. The minimum atomic E-state index is -0.154. The second-order valence-corrected chi connectivity index (χ2v) is 4.66. The molecule has 1 unspecified atom stereocenters. The molecule has 0 amide bonds. The van der Waals surface area contributed by atoms with Crippen molar-refractivity contribution in [3.8, 4) is 0 Å². The first-order valence-electron chi connectivity index (χ1n) is 5.04. The van der Waals surface area contributed by atoms with Crippen LogP contribution in [0.25, 0.3) is 0 Å². The Balaban J connectivity index is 1.94. The van der Waals surface area contributed by atoms with Gasteiger partial charge in [0.05, 0.1) is 0 Å². The third-order valence-corrected chi connectivity index (χ3v) is 3.23. The Morgan fingerprint density at radius 2 is 2.44 bits per heavy atom.